The van der Waals surface area contributed by atoms with Crippen LogP contribution in [0.5, 0.6) is 0 Å². The molecule has 94 valence electrons. The molecule has 0 radical (unpaired) electrons. The number of para-hydroxylation sites is 2. The van der Waals surface area contributed by atoms with Crippen LogP contribution in [0.25, 0.3) is 0 Å². The maximum atomic E-state index is 8.52. The Morgan fingerprint density at radius 3 is 1.12 bits per heavy atom. The lowest BCUT2D eigenvalue weighted by atomic mass is 10.3. The van der Waals surface area contributed by atoms with Crippen LogP contribution in [0.1, 0.15) is 0 Å². The molecule has 0 saturated heterocycles. The summed E-state index contributed by atoms with van der Waals surface area (Å²) in [4.78, 5) is 0. The lowest BCUT2D eigenvalue weighted by molar-refractivity contribution is -1.63. The van der Waals surface area contributed by atoms with E-state index >= 15 is 0 Å². The molecular weight excluding hydrogens is 267 g/mol. The molecule has 0 fully saturated rings. The average molecular weight is 277 g/mol. The van der Waals surface area contributed by atoms with Crippen LogP contribution in [0, 0.1) is 21.6 Å². The highest BCUT2D eigenvalue weighted by Gasteiger charge is 1.85. The van der Waals surface area contributed by atoms with Gasteiger partial charge in [0.25, 0.3) is 21.6 Å². The predicted molar refractivity (Wildman–Crippen MR) is 39.7 cm³/mol. The normalized spacial score (nSPS) is 9.00. The zero-order chi connectivity index (χ0) is 13.1. The molecule has 6 N–H and O–H groups in total. The summed E-state index contributed by atoms with van der Waals surface area (Å²) in [6.45, 7) is 0. The van der Waals surface area contributed by atoms with Crippen molar-refractivity contribution >= 4 is 11.4 Å². The number of hydrogen-bond donors (Lipinski definition) is 4. The minimum absolute atomic E-state index is 0.646. The first-order valence-corrected chi connectivity index (χ1v) is 5.27. The van der Waals surface area contributed by atoms with Gasteiger partial charge in [-0.15, -0.1) is 0 Å². The van der Waals surface area contributed by atoms with E-state index in [0.29, 0.717) is 11.4 Å². The van der Waals surface area contributed by atoms with E-state index in [1.165, 1.54) is 0 Å². The van der Waals surface area contributed by atoms with Crippen molar-refractivity contribution in [3.05, 3.63) is 24.3 Å². The number of halogens is 2. The number of benzene rings is 1. The SMILES string of the molecule is Nc1ccccc1N.[O-][Cl+2]([O-])O.[O-][Cl+2]([O-])O. The second kappa shape index (κ2) is 10.7. The highest BCUT2D eigenvalue weighted by Crippen LogP contribution is 2.10. The molecular formula is C6H10Cl2N2O6. The van der Waals surface area contributed by atoms with Gasteiger partial charge in [-0.1, -0.05) is 12.1 Å². The molecule has 16 heavy (non-hydrogen) atoms. The summed E-state index contributed by atoms with van der Waals surface area (Å²) < 4.78 is 47.9. The Bertz CT molecular complexity index is 242. The van der Waals surface area contributed by atoms with Gasteiger partial charge in [0.1, 0.15) is 0 Å². The zero-order valence-corrected chi connectivity index (χ0v) is 9.26. The van der Waals surface area contributed by atoms with Crippen molar-refractivity contribution in [3.63, 3.8) is 0 Å². The van der Waals surface area contributed by atoms with Gasteiger partial charge in [0, 0.05) is 9.32 Å². The van der Waals surface area contributed by atoms with E-state index in [-0.39, 0.29) is 0 Å². The van der Waals surface area contributed by atoms with E-state index in [9.17, 15) is 0 Å². The van der Waals surface area contributed by atoms with Crippen molar-refractivity contribution in [2.75, 3.05) is 11.5 Å². The molecule has 0 aliphatic heterocycles. The standard InChI is InChI=1S/C6H8N2.2ClHO3/c7-5-3-1-2-4-6(5)8;2*2-1(3)4/h1-4H,7-8H2;2*2H. The Morgan fingerprint density at radius 2 is 1.00 bits per heavy atom. The lowest BCUT2D eigenvalue weighted by Crippen LogP contribution is -2.30. The Labute approximate surface area is 97.2 Å². The molecule has 8 nitrogen and oxygen atoms in total. The van der Waals surface area contributed by atoms with E-state index in [1.807, 2.05) is 12.1 Å². The van der Waals surface area contributed by atoms with Crippen molar-refractivity contribution in [3.8, 4) is 0 Å². The quantitative estimate of drug-likeness (QED) is 0.339. The monoisotopic (exact) mass is 276 g/mol. The Morgan fingerprint density at radius 1 is 0.812 bits per heavy atom. The van der Waals surface area contributed by atoms with Crippen molar-refractivity contribution in [1.29, 1.82) is 0 Å². The van der Waals surface area contributed by atoms with Crippen molar-refractivity contribution < 1.29 is 49.5 Å². The van der Waals surface area contributed by atoms with Crippen LogP contribution in [-0.2, 0) is 0 Å². The third-order valence-electron chi connectivity index (χ3n) is 0.996. The second-order valence-corrected chi connectivity index (χ2v) is 2.83. The molecule has 0 heterocycles. The number of hydrogen-bond acceptors (Lipinski definition) is 8. The van der Waals surface area contributed by atoms with Crippen molar-refractivity contribution in [1.82, 2.24) is 0 Å². The molecule has 0 aliphatic rings. The molecule has 1 rings (SSSR count). The van der Waals surface area contributed by atoms with Gasteiger partial charge < -0.3 is 30.1 Å². The summed E-state index contributed by atoms with van der Waals surface area (Å²) in [7, 11) is -5.20. The second-order valence-electron chi connectivity index (χ2n) is 2.03. The highest BCUT2D eigenvalue weighted by molar-refractivity contribution is 5.62. The van der Waals surface area contributed by atoms with Gasteiger partial charge in [0.05, 0.1) is 11.4 Å². The van der Waals surface area contributed by atoms with Crippen LogP contribution in [0.2, 0.25) is 0 Å². The fourth-order valence-electron chi connectivity index (χ4n) is 0.511. The van der Waals surface area contributed by atoms with E-state index in [4.69, 9.17) is 39.4 Å². The number of nitrogens with two attached hydrogens (primary N) is 2. The van der Waals surface area contributed by atoms with Crippen LogP contribution in [0.15, 0.2) is 24.3 Å². The number of nitrogen functional groups attached to an aromatic ring is 2. The lowest BCUT2D eigenvalue weighted by Gasteiger charge is -1.94. The molecule has 0 unspecified atom stereocenters. The first kappa shape index (κ1) is 17.6. The van der Waals surface area contributed by atoms with Crippen LogP contribution in [0.3, 0.4) is 0 Å². The van der Waals surface area contributed by atoms with Gasteiger partial charge in [-0.25, -0.2) is 0 Å². The molecule has 0 amide bonds. The van der Waals surface area contributed by atoms with Gasteiger partial charge in [-0.3, -0.25) is 0 Å². The number of anilines is 2. The maximum absolute atomic E-state index is 8.52. The zero-order valence-electron chi connectivity index (χ0n) is 7.75. The molecule has 0 bridgehead atoms. The number of rotatable bonds is 0. The first-order valence-electron chi connectivity index (χ1n) is 3.36. The Hall–Kier alpha value is -0.840. The molecule has 0 spiro atoms. The van der Waals surface area contributed by atoms with Crippen LogP contribution in [-0.4, -0.2) is 9.32 Å². The predicted octanol–water partition coefficient (Wildman–Crippen LogP) is -5.02. The summed E-state index contributed by atoms with van der Waals surface area (Å²) in [6, 6.07) is 7.25. The average Bonchev–Trinajstić information content (AvgIpc) is 2.08. The van der Waals surface area contributed by atoms with Crippen LogP contribution >= 0.6 is 0 Å². The molecule has 0 atom stereocenters. The van der Waals surface area contributed by atoms with E-state index in [2.05, 4.69) is 0 Å². The van der Waals surface area contributed by atoms with Gasteiger partial charge in [-0.05, 0) is 12.1 Å². The summed E-state index contributed by atoms with van der Waals surface area (Å²) in [5.74, 6) is 0. The molecule has 0 aromatic heterocycles. The largest absolute Gasteiger partial charge is 0.397 e. The van der Waals surface area contributed by atoms with E-state index in [1.54, 1.807) is 12.1 Å². The summed E-state index contributed by atoms with van der Waals surface area (Å²) in [6.07, 6.45) is 0. The van der Waals surface area contributed by atoms with Crippen LogP contribution in [0.4, 0.5) is 11.4 Å². The fourth-order valence-corrected chi connectivity index (χ4v) is 0.511. The van der Waals surface area contributed by atoms with Crippen molar-refractivity contribution in [2.45, 2.75) is 0 Å². The van der Waals surface area contributed by atoms with E-state index < -0.39 is 21.6 Å². The van der Waals surface area contributed by atoms with Gasteiger partial charge in [-0.2, -0.15) is 0 Å². The fraction of sp³-hybridized carbons (Fsp3) is 0. The minimum atomic E-state index is -2.60. The molecule has 0 aliphatic carbocycles. The third-order valence-corrected chi connectivity index (χ3v) is 0.996. The summed E-state index contributed by atoms with van der Waals surface area (Å²) >= 11 is 0. The Kier molecular flexibility index (Phi) is 11.7. The first-order chi connectivity index (χ1) is 7.27. The summed E-state index contributed by atoms with van der Waals surface area (Å²) in [5.41, 5.74) is 12.1. The van der Waals surface area contributed by atoms with Gasteiger partial charge in [0.15, 0.2) is 0 Å². The maximum Gasteiger partial charge on any atom is 0.282 e. The minimum Gasteiger partial charge on any atom is -0.397 e. The van der Waals surface area contributed by atoms with Crippen LogP contribution < -0.4 is 30.1 Å². The third kappa shape index (κ3) is 18.9. The topological polar surface area (TPSA) is 185 Å². The highest BCUT2D eigenvalue weighted by atomic mass is 35.6. The Balaban J connectivity index is 0. The van der Waals surface area contributed by atoms with Crippen molar-refractivity contribution in [2.24, 2.45) is 0 Å². The summed E-state index contributed by atoms with van der Waals surface area (Å²) in [5, 5.41) is 0. The van der Waals surface area contributed by atoms with Gasteiger partial charge >= 0.3 is 0 Å². The van der Waals surface area contributed by atoms with Gasteiger partial charge in [0.2, 0.25) is 0 Å². The molecule has 10 heteroatoms. The molecule has 1 aromatic carbocycles. The molecule has 0 saturated carbocycles. The smallest absolute Gasteiger partial charge is 0.282 e. The molecule has 1 aromatic rings. The van der Waals surface area contributed by atoms with E-state index in [0.717, 1.165) is 0 Å².